The summed E-state index contributed by atoms with van der Waals surface area (Å²) in [6.45, 7) is 0. The van der Waals surface area contributed by atoms with E-state index in [2.05, 4.69) is 16.1 Å². The second-order valence-corrected chi connectivity index (χ2v) is 5.51. The zero-order valence-corrected chi connectivity index (χ0v) is 13.4. The highest BCUT2D eigenvalue weighted by Crippen LogP contribution is 2.30. The Labute approximate surface area is 133 Å². The molecule has 1 unspecified atom stereocenters. The van der Waals surface area contributed by atoms with Gasteiger partial charge in [0.25, 0.3) is 5.91 Å². The van der Waals surface area contributed by atoms with E-state index >= 15 is 0 Å². The van der Waals surface area contributed by atoms with Crippen molar-refractivity contribution in [2.24, 2.45) is 5.73 Å². The lowest BCUT2D eigenvalue weighted by Crippen LogP contribution is -2.39. The number of thioether (sulfide) groups is 1. The lowest BCUT2D eigenvalue weighted by atomic mass is 10.2. The molecular formula is C11H13BrClF3N2OS. The second kappa shape index (κ2) is 8.76. The van der Waals surface area contributed by atoms with Crippen LogP contribution in [0.2, 0.25) is 0 Å². The summed E-state index contributed by atoms with van der Waals surface area (Å²) in [6, 6.07) is 7.65. The standard InChI is InChI=1S/C11H12BrF3N2OS.ClH/c12-17(8-4-2-1-3-5-8)10(18)9(16)6-7-19-11(13,14)15;/h1-5,9H,6-7,16H2;1H. The molecule has 1 rings (SSSR count). The van der Waals surface area contributed by atoms with Gasteiger partial charge in [-0.15, -0.1) is 12.4 Å². The fourth-order valence-corrected chi connectivity index (χ4v) is 2.36. The largest absolute Gasteiger partial charge is 0.441 e. The Morgan fingerprint density at radius 1 is 1.35 bits per heavy atom. The van der Waals surface area contributed by atoms with Crippen LogP contribution < -0.4 is 9.66 Å². The molecule has 0 radical (unpaired) electrons. The molecule has 1 aromatic carbocycles. The van der Waals surface area contributed by atoms with E-state index in [0.717, 1.165) is 3.93 Å². The Hall–Kier alpha value is -0.440. The maximum atomic E-state index is 11.9. The molecule has 0 aliphatic rings. The molecule has 0 saturated heterocycles. The minimum atomic E-state index is -4.30. The van der Waals surface area contributed by atoms with Crippen molar-refractivity contribution in [3.05, 3.63) is 30.3 Å². The molecule has 0 aromatic heterocycles. The summed E-state index contributed by atoms with van der Waals surface area (Å²) in [5, 5.41) is 0. The van der Waals surface area contributed by atoms with Gasteiger partial charge in [0.2, 0.25) is 0 Å². The van der Waals surface area contributed by atoms with Crippen LogP contribution in [0.1, 0.15) is 6.42 Å². The average Bonchev–Trinajstić information content (AvgIpc) is 2.36. The predicted octanol–water partition coefficient (Wildman–Crippen LogP) is 3.72. The smallest absolute Gasteiger partial charge is 0.320 e. The van der Waals surface area contributed by atoms with E-state index in [1.807, 2.05) is 0 Å². The van der Waals surface area contributed by atoms with Gasteiger partial charge >= 0.3 is 5.51 Å². The van der Waals surface area contributed by atoms with Crippen LogP contribution in [-0.4, -0.2) is 23.2 Å². The highest BCUT2D eigenvalue weighted by molar-refractivity contribution is 9.10. The number of amides is 1. The molecule has 114 valence electrons. The van der Waals surface area contributed by atoms with E-state index in [0.29, 0.717) is 5.69 Å². The summed E-state index contributed by atoms with van der Waals surface area (Å²) in [5.41, 5.74) is 1.86. The number of carbonyl (C=O) groups excluding carboxylic acids is 1. The second-order valence-electron chi connectivity index (χ2n) is 3.64. The molecule has 1 atom stereocenters. The molecule has 0 saturated carbocycles. The number of nitrogens with zero attached hydrogens (tertiary/aromatic N) is 1. The minimum Gasteiger partial charge on any atom is -0.320 e. The number of nitrogens with two attached hydrogens (primary N) is 1. The maximum absolute atomic E-state index is 11.9. The van der Waals surface area contributed by atoms with Crippen molar-refractivity contribution in [2.45, 2.75) is 18.0 Å². The number of alkyl halides is 3. The van der Waals surface area contributed by atoms with Gasteiger partial charge in [0.1, 0.15) is 0 Å². The quantitative estimate of drug-likeness (QED) is 0.776. The molecule has 0 aliphatic heterocycles. The van der Waals surface area contributed by atoms with Gasteiger partial charge in [-0.25, -0.2) is 3.93 Å². The minimum absolute atomic E-state index is 0. The van der Waals surface area contributed by atoms with E-state index in [9.17, 15) is 18.0 Å². The Bertz CT molecular complexity index is 422. The molecular weight excluding hydrogens is 381 g/mol. The van der Waals surface area contributed by atoms with E-state index < -0.39 is 17.5 Å². The van der Waals surface area contributed by atoms with Crippen LogP contribution in [0.25, 0.3) is 0 Å². The number of hydrogen-bond acceptors (Lipinski definition) is 3. The van der Waals surface area contributed by atoms with E-state index in [1.165, 1.54) is 0 Å². The van der Waals surface area contributed by atoms with Crippen LogP contribution in [0.5, 0.6) is 0 Å². The Kier molecular flexibility index (Phi) is 8.57. The molecule has 0 heterocycles. The van der Waals surface area contributed by atoms with Crippen molar-refractivity contribution in [2.75, 3.05) is 9.68 Å². The Balaban J connectivity index is 0.00000361. The van der Waals surface area contributed by atoms with Gasteiger partial charge < -0.3 is 5.73 Å². The molecule has 0 spiro atoms. The molecule has 0 bridgehead atoms. The fraction of sp³-hybridized carbons (Fsp3) is 0.364. The number of para-hydroxylation sites is 1. The van der Waals surface area contributed by atoms with Gasteiger partial charge in [-0.05, 0) is 18.6 Å². The van der Waals surface area contributed by atoms with Gasteiger partial charge in [-0.1, -0.05) is 30.0 Å². The average molecular weight is 394 g/mol. The number of rotatable bonds is 5. The molecule has 2 N–H and O–H groups in total. The molecule has 9 heteroatoms. The number of anilines is 1. The summed E-state index contributed by atoms with van der Waals surface area (Å²) in [4.78, 5) is 11.9. The van der Waals surface area contributed by atoms with Crippen LogP contribution in [0.3, 0.4) is 0 Å². The summed E-state index contributed by atoms with van der Waals surface area (Å²) in [6.07, 6.45) is -0.0437. The molecule has 20 heavy (non-hydrogen) atoms. The van der Waals surface area contributed by atoms with E-state index in [1.54, 1.807) is 30.3 Å². The molecule has 0 fully saturated rings. The van der Waals surface area contributed by atoms with Crippen molar-refractivity contribution in [1.29, 1.82) is 0 Å². The first-order valence-corrected chi connectivity index (χ1v) is 7.02. The third kappa shape index (κ3) is 6.83. The van der Waals surface area contributed by atoms with Gasteiger partial charge in [-0.3, -0.25) is 4.79 Å². The van der Waals surface area contributed by atoms with Crippen molar-refractivity contribution in [3.8, 4) is 0 Å². The first-order valence-electron chi connectivity index (χ1n) is 5.32. The van der Waals surface area contributed by atoms with Crippen LogP contribution >= 0.6 is 40.3 Å². The van der Waals surface area contributed by atoms with Gasteiger partial charge in [0.15, 0.2) is 0 Å². The topological polar surface area (TPSA) is 46.3 Å². The van der Waals surface area contributed by atoms with E-state index in [4.69, 9.17) is 5.73 Å². The summed E-state index contributed by atoms with van der Waals surface area (Å²) in [5.74, 6) is -0.722. The Morgan fingerprint density at radius 3 is 2.40 bits per heavy atom. The predicted molar refractivity (Wildman–Crippen MR) is 81.2 cm³/mol. The number of halogens is 5. The third-order valence-corrected chi connectivity index (χ3v) is 3.71. The molecule has 0 aliphatic carbocycles. The summed E-state index contributed by atoms with van der Waals surface area (Å²) in [7, 11) is 0. The van der Waals surface area contributed by atoms with Crippen LogP contribution in [-0.2, 0) is 4.79 Å². The molecule has 3 nitrogen and oxygen atoms in total. The zero-order chi connectivity index (χ0) is 14.5. The molecule has 1 amide bonds. The van der Waals surface area contributed by atoms with Crippen LogP contribution in [0.4, 0.5) is 18.9 Å². The van der Waals surface area contributed by atoms with Gasteiger partial charge in [-0.2, -0.15) is 13.2 Å². The highest BCUT2D eigenvalue weighted by atomic mass is 79.9. The van der Waals surface area contributed by atoms with Crippen molar-refractivity contribution < 1.29 is 18.0 Å². The number of carbonyl (C=O) groups is 1. The maximum Gasteiger partial charge on any atom is 0.441 e. The lowest BCUT2D eigenvalue weighted by molar-refractivity contribution is -0.118. The zero-order valence-electron chi connectivity index (χ0n) is 10.1. The third-order valence-electron chi connectivity index (χ3n) is 2.19. The highest BCUT2D eigenvalue weighted by Gasteiger charge is 2.29. The fourth-order valence-electron chi connectivity index (χ4n) is 1.26. The normalized spacial score (nSPS) is 12.4. The van der Waals surface area contributed by atoms with Gasteiger partial charge in [0, 0.05) is 5.75 Å². The van der Waals surface area contributed by atoms with Crippen LogP contribution in [0, 0.1) is 0 Å². The lowest BCUT2D eigenvalue weighted by Gasteiger charge is -2.19. The van der Waals surface area contributed by atoms with Crippen molar-refractivity contribution >= 4 is 51.9 Å². The SMILES string of the molecule is Cl.NC(CCSC(F)(F)F)C(=O)N(Br)c1ccccc1. The molecule has 1 aromatic rings. The summed E-state index contributed by atoms with van der Waals surface area (Å²) >= 11 is 2.88. The van der Waals surface area contributed by atoms with Crippen LogP contribution in [0.15, 0.2) is 30.3 Å². The Morgan fingerprint density at radius 2 is 1.90 bits per heavy atom. The van der Waals surface area contributed by atoms with Crippen molar-refractivity contribution in [3.63, 3.8) is 0 Å². The first-order chi connectivity index (χ1) is 8.81. The van der Waals surface area contributed by atoms with Crippen molar-refractivity contribution in [1.82, 2.24) is 0 Å². The van der Waals surface area contributed by atoms with Gasteiger partial charge in [0.05, 0.1) is 27.9 Å². The first kappa shape index (κ1) is 19.6. The number of benzene rings is 1. The van der Waals surface area contributed by atoms with E-state index in [-0.39, 0.29) is 36.3 Å². The monoisotopic (exact) mass is 392 g/mol. The summed E-state index contributed by atoms with van der Waals surface area (Å²) < 4.78 is 37.0. The number of hydrogen-bond donors (Lipinski definition) is 1.